The summed E-state index contributed by atoms with van der Waals surface area (Å²) >= 11 is 1.53. The summed E-state index contributed by atoms with van der Waals surface area (Å²) in [5, 5.41) is 8.05. The topological polar surface area (TPSA) is 89.6 Å². The summed E-state index contributed by atoms with van der Waals surface area (Å²) in [5.41, 5.74) is 5.30. The van der Waals surface area contributed by atoms with Gasteiger partial charge in [0.05, 0.1) is 0 Å². The molecular formula is C6H13CaFeNO4S. The summed E-state index contributed by atoms with van der Waals surface area (Å²) in [5.74, 6) is -0.188. The van der Waals surface area contributed by atoms with Gasteiger partial charge in [0.25, 0.3) is 0 Å². The van der Waals surface area contributed by atoms with Gasteiger partial charge in [-0.3, -0.25) is 0 Å². The van der Waals surface area contributed by atoms with Crippen molar-refractivity contribution < 1.29 is 36.5 Å². The van der Waals surface area contributed by atoms with Gasteiger partial charge in [0, 0.05) is 17.1 Å². The van der Waals surface area contributed by atoms with Gasteiger partial charge in [-0.15, -0.1) is 0 Å². The second-order valence-corrected chi connectivity index (χ2v) is 3.06. The summed E-state index contributed by atoms with van der Waals surface area (Å²) in [6, 6.07) is -0.839. The van der Waals surface area contributed by atoms with Crippen LogP contribution in [0.3, 0.4) is 0 Å². The molecule has 14 heavy (non-hydrogen) atoms. The Morgan fingerprint density at radius 2 is 2.07 bits per heavy atom. The van der Waals surface area contributed by atoms with Crippen LogP contribution in [0.5, 0.6) is 0 Å². The standard InChI is InChI=1S/C6H11NO4S.Ca.Fe.2H/c1-12-3-2-4(7)5(8)11-6(9)10;;;;/h4H,2-3,7H2,1H3,(H,9,10);;;;/t4-;;;;/m0..../s1. The second-order valence-electron chi connectivity index (χ2n) is 2.07. The molecular weight excluding hydrogens is 278 g/mol. The van der Waals surface area contributed by atoms with Crippen molar-refractivity contribution >= 4 is 61.6 Å². The first-order valence-corrected chi connectivity index (χ1v) is 4.66. The van der Waals surface area contributed by atoms with Crippen molar-refractivity contribution in [3.05, 3.63) is 0 Å². The van der Waals surface area contributed by atoms with Crippen LogP contribution in [-0.4, -0.2) is 73.0 Å². The van der Waals surface area contributed by atoms with Crippen molar-refractivity contribution in [3.63, 3.8) is 0 Å². The third-order valence-electron chi connectivity index (χ3n) is 1.12. The molecule has 0 aromatic rings. The van der Waals surface area contributed by atoms with Crippen LogP contribution in [0.4, 0.5) is 4.79 Å². The van der Waals surface area contributed by atoms with Gasteiger partial charge in [-0.05, 0) is 18.4 Å². The molecule has 5 nitrogen and oxygen atoms in total. The van der Waals surface area contributed by atoms with E-state index >= 15 is 0 Å². The van der Waals surface area contributed by atoms with Crippen molar-refractivity contribution in [2.45, 2.75) is 12.5 Å². The first-order valence-electron chi connectivity index (χ1n) is 3.27. The van der Waals surface area contributed by atoms with Crippen LogP contribution in [0.15, 0.2) is 0 Å². The second kappa shape index (κ2) is 12.1. The number of ether oxygens (including phenoxy) is 1. The molecule has 0 saturated carbocycles. The zero-order valence-corrected chi connectivity index (χ0v) is 8.92. The first-order chi connectivity index (χ1) is 5.57. The average molecular weight is 291 g/mol. The van der Waals surface area contributed by atoms with Gasteiger partial charge in [-0.25, -0.2) is 9.59 Å². The third kappa shape index (κ3) is 11.1. The maximum Gasteiger partial charge on any atom is 0 e. The number of hydrogen-bond acceptors (Lipinski definition) is 5. The van der Waals surface area contributed by atoms with Crippen molar-refractivity contribution in [2.24, 2.45) is 5.73 Å². The van der Waals surface area contributed by atoms with Crippen molar-refractivity contribution in [2.75, 3.05) is 12.0 Å². The van der Waals surface area contributed by atoms with Crippen LogP contribution in [0.25, 0.3) is 0 Å². The summed E-state index contributed by atoms with van der Waals surface area (Å²) in [7, 11) is 0. The van der Waals surface area contributed by atoms with Gasteiger partial charge >= 0.3 is 49.9 Å². The summed E-state index contributed by atoms with van der Waals surface area (Å²) in [4.78, 5) is 20.6. The van der Waals surface area contributed by atoms with E-state index in [1.54, 1.807) is 0 Å². The molecule has 0 aliphatic carbocycles. The van der Waals surface area contributed by atoms with Crippen LogP contribution in [0.2, 0.25) is 0 Å². The molecule has 1 atom stereocenters. The molecule has 0 saturated heterocycles. The number of thioether (sulfide) groups is 1. The molecule has 0 rings (SSSR count). The van der Waals surface area contributed by atoms with E-state index in [4.69, 9.17) is 10.8 Å². The molecule has 0 unspecified atom stereocenters. The van der Waals surface area contributed by atoms with Crippen molar-refractivity contribution in [1.82, 2.24) is 0 Å². The predicted octanol–water partition coefficient (Wildman–Crippen LogP) is -0.631. The molecule has 3 N–H and O–H groups in total. The van der Waals surface area contributed by atoms with Crippen LogP contribution < -0.4 is 5.73 Å². The molecule has 8 heteroatoms. The molecule has 0 aliphatic rings. The quantitative estimate of drug-likeness (QED) is 0.407. The molecule has 0 aliphatic heterocycles. The van der Waals surface area contributed by atoms with Gasteiger partial charge in [0.2, 0.25) is 0 Å². The zero-order chi connectivity index (χ0) is 9.56. The molecule has 0 amide bonds. The molecule has 82 valence electrons. The predicted molar refractivity (Wildman–Crippen MR) is 53.6 cm³/mol. The van der Waals surface area contributed by atoms with E-state index in [1.807, 2.05) is 6.26 Å². The Morgan fingerprint density at radius 3 is 2.43 bits per heavy atom. The Balaban J connectivity index is -0.000000605. The SMILES string of the molecule is CSCC[C@H](N)C(=O)OC(=O)O.[CaH2].[Fe]. The largest absolute Gasteiger partial charge is 0 e. The maximum atomic E-state index is 10.7. The smallest absolute Gasteiger partial charge is 0 e. The molecule has 0 aromatic carbocycles. The van der Waals surface area contributed by atoms with E-state index in [0.717, 1.165) is 0 Å². The molecule has 0 spiro atoms. The Morgan fingerprint density at radius 1 is 1.57 bits per heavy atom. The molecule has 0 aromatic heterocycles. The third-order valence-corrected chi connectivity index (χ3v) is 1.77. The number of carboxylic acid groups (broad SMARTS) is 1. The fourth-order valence-electron chi connectivity index (χ4n) is 0.524. The number of carbonyl (C=O) groups excluding carboxylic acids is 1. The Labute approximate surface area is 127 Å². The fourth-order valence-corrected chi connectivity index (χ4v) is 1.01. The first kappa shape index (κ1) is 20.4. The van der Waals surface area contributed by atoms with Crippen molar-refractivity contribution in [3.8, 4) is 0 Å². The van der Waals surface area contributed by atoms with Crippen LogP contribution in [0.1, 0.15) is 6.42 Å². The number of hydrogen-bond donors (Lipinski definition) is 2. The Hall–Kier alpha value is 1.03. The van der Waals surface area contributed by atoms with Crippen LogP contribution in [-0.2, 0) is 26.6 Å². The van der Waals surface area contributed by atoms with E-state index in [-0.39, 0.29) is 54.8 Å². The summed E-state index contributed by atoms with van der Waals surface area (Å²) in [6.45, 7) is 0. The number of esters is 1. The van der Waals surface area contributed by atoms with E-state index in [1.165, 1.54) is 11.8 Å². The normalized spacial score (nSPS) is 10.4. The average Bonchev–Trinajstić information content (AvgIpc) is 1.98. The fraction of sp³-hybridized carbons (Fsp3) is 0.667. The molecule has 0 radical (unpaired) electrons. The van der Waals surface area contributed by atoms with E-state index < -0.39 is 18.2 Å². The van der Waals surface area contributed by atoms with Gasteiger partial charge in [-0.2, -0.15) is 11.8 Å². The monoisotopic (exact) mass is 291 g/mol. The van der Waals surface area contributed by atoms with Gasteiger partial charge < -0.3 is 15.6 Å². The number of carbonyl (C=O) groups is 2. The minimum Gasteiger partial charge on any atom is 0 e. The van der Waals surface area contributed by atoms with Gasteiger partial charge in [0.1, 0.15) is 6.04 Å². The minimum atomic E-state index is -1.61. The molecule has 0 fully saturated rings. The Kier molecular flexibility index (Phi) is 17.7. The summed E-state index contributed by atoms with van der Waals surface area (Å²) < 4.78 is 3.85. The van der Waals surface area contributed by atoms with E-state index in [9.17, 15) is 9.59 Å². The summed E-state index contributed by atoms with van der Waals surface area (Å²) in [6.07, 6.45) is 0.683. The van der Waals surface area contributed by atoms with E-state index in [2.05, 4.69) is 4.74 Å². The van der Waals surface area contributed by atoms with Crippen molar-refractivity contribution in [1.29, 1.82) is 0 Å². The van der Waals surface area contributed by atoms with Gasteiger partial charge in [0.15, 0.2) is 0 Å². The minimum absolute atomic E-state index is 0. The van der Waals surface area contributed by atoms with E-state index in [0.29, 0.717) is 12.2 Å². The molecule has 0 heterocycles. The Bertz CT molecular complexity index is 183. The molecule has 0 bridgehead atoms. The van der Waals surface area contributed by atoms with Crippen LogP contribution in [0, 0.1) is 0 Å². The van der Waals surface area contributed by atoms with Crippen LogP contribution >= 0.6 is 11.8 Å². The number of rotatable bonds is 4. The number of nitrogens with two attached hydrogens (primary N) is 1. The maximum absolute atomic E-state index is 10.7. The zero-order valence-electron chi connectivity index (χ0n) is 7.00. The van der Waals surface area contributed by atoms with Gasteiger partial charge in [-0.1, -0.05) is 0 Å².